The van der Waals surface area contributed by atoms with Gasteiger partial charge in [0.05, 0.1) is 27.0 Å². The number of nitrogens with zero attached hydrogens (tertiary/aromatic N) is 3. The molecule has 3 heterocycles. The van der Waals surface area contributed by atoms with Gasteiger partial charge in [0.15, 0.2) is 11.0 Å². The van der Waals surface area contributed by atoms with E-state index in [2.05, 4.69) is 32.2 Å². The average molecular weight is 497 g/mol. The van der Waals surface area contributed by atoms with Crippen LogP contribution >= 0.6 is 11.8 Å². The van der Waals surface area contributed by atoms with Gasteiger partial charge in [0.25, 0.3) is 5.56 Å². The smallest absolute Gasteiger partial charge is 0.331 e. The van der Waals surface area contributed by atoms with Crippen molar-refractivity contribution in [3.63, 3.8) is 0 Å². The van der Waals surface area contributed by atoms with Gasteiger partial charge in [-0.15, -0.1) is 0 Å². The lowest BCUT2D eigenvalue weighted by molar-refractivity contribution is 0.257. The quantitative estimate of drug-likeness (QED) is 0.447. The molecule has 0 saturated heterocycles. The molecule has 0 bridgehead atoms. The van der Waals surface area contributed by atoms with Gasteiger partial charge in [0.2, 0.25) is 0 Å². The Morgan fingerprint density at radius 1 is 1.18 bits per heavy atom. The summed E-state index contributed by atoms with van der Waals surface area (Å²) in [4.78, 5) is 34.9. The van der Waals surface area contributed by atoms with Gasteiger partial charge in [-0.05, 0) is 55.0 Å². The Kier molecular flexibility index (Phi) is 7.43. The Morgan fingerprint density at radius 3 is 2.74 bits per heavy atom. The van der Waals surface area contributed by atoms with Gasteiger partial charge in [0.1, 0.15) is 12.1 Å². The third-order valence-corrected chi connectivity index (χ3v) is 7.37. The SMILES string of the molecule is CCCNc1ccc2c(=O)n(-c3ccc(NC(=O)NS(=O)C4=CCC=C(C)S4)cn3)cnc2c1. The summed E-state index contributed by atoms with van der Waals surface area (Å²) in [6, 6.07) is 8.05. The Morgan fingerprint density at radius 2 is 2.00 bits per heavy atom. The third kappa shape index (κ3) is 5.54. The first-order valence-electron chi connectivity index (χ1n) is 10.7. The molecular weight excluding hydrogens is 472 g/mol. The van der Waals surface area contributed by atoms with Crippen molar-refractivity contribution in [2.75, 3.05) is 17.2 Å². The summed E-state index contributed by atoms with van der Waals surface area (Å²) in [5.41, 5.74) is 1.67. The van der Waals surface area contributed by atoms with Crippen LogP contribution in [0.4, 0.5) is 16.2 Å². The van der Waals surface area contributed by atoms with Crippen LogP contribution in [0.15, 0.2) is 68.9 Å². The molecule has 34 heavy (non-hydrogen) atoms. The Bertz CT molecular complexity index is 1370. The number of hydrogen-bond donors (Lipinski definition) is 3. The maximum Gasteiger partial charge on any atom is 0.331 e. The second-order valence-electron chi connectivity index (χ2n) is 7.48. The van der Waals surface area contributed by atoms with Crippen LogP contribution in [0, 0.1) is 0 Å². The van der Waals surface area contributed by atoms with Crippen LogP contribution in [-0.4, -0.2) is 31.3 Å². The number of fused-ring (bicyclic) bond motifs is 1. The summed E-state index contributed by atoms with van der Waals surface area (Å²) in [5, 5.41) is 6.36. The Labute approximate surface area is 203 Å². The van der Waals surface area contributed by atoms with E-state index in [1.165, 1.54) is 28.9 Å². The number of aromatic nitrogens is 3. The monoisotopic (exact) mass is 496 g/mol. The molecule has 4 rings (SSSR count). The van der Waals surface area contributed by atoms with Crippen LogP contribution in [0.5, 0.6) is 0 Å². The van der Waals surface area contributed by atoms with Crippen molar-refractivity contribution in [3.05, 3.63) is 74.5 Å². The minimum Gasteiger partial charge on any atom is -0.385 e. The predicted molar refractivity (Wildman–Crippen MR) is 138 cm³/mol. The van der Waals surface area contributed by atoms with E-state index in [-0.39, 0.29) is 5.56 Å². The summed E-state index contributed by atoms with van der Waals surface area (Å²) >= 11 is 1.37. The van der Waals surface area contributed by atoms with Crippen LogP contribution in [-0.2, 0) is 11.0 Å². The lowest BCUT2D eigenvalue weighted by Gasteiger charge is -2.12. The van der Waals surface area contributed by atoms with Crippen molar-refractivity contribution in [2.24, 2.45) is 0 Å². The summed E-state index contributed by atoms with van der Waals surface area (Å²) in [6.07, 6.45) is 8.39. The molecule has 176 valence electrons. The first kappa shape index (κ1) is 23.7. The highest BCUT2D eigenvalue weighted by molar-refractivity contribution is 8.18. The molecule has 1 aliphatic heterocycles. The van der Waals surface area contributed by atoms with Gasteiger partial charge in [-0.2, -0.15) is 0 Å². The van der Waals surface area contributed by atoms with Gasteiger partial charge in [0, 0.05) is 12.2 Å². The number of amides is 2. The van der Waals surface area contributed by atoms with E-state index in [1.807, 2.05) is 31.2 Å². The molecule has 2 amide bonds. The zero-order chi connectivity index (χ0) is 24.1. The molecule has 0 radical (unpaired) electrons. The first-order chi connectivity index (χ1) is 16.4. The van der Waals surface area contributed by atoms with Crippen molar-refractivity contribution in [1.29, 1.82) is 0 Å². The Balaban J connectivity index is 1.44. The molecule has 3 aromatic rings. The first-order valence-corrected chi connectivity index (χ1v) is 12.7. The molecule has 0 spiro atoms. The standard InChI is InChI=1S/C23H24N6O3S2/c1-3-11-24-16-7-9-18-19(12-16)26-14-29(22(18)30)20-10-8-17(13-25-20)27-23(31)28-34(32)21-6-4-5-15(2)33-21/h5-10,12-14,24H,3-4,11H2,1-2H3,(H2,27,28,31). The molecule has 9 nitrogen and oxygen atoms in total. The highest BCUT2D eigenvalue weighted by Gasteiger charge is 2.15. The van der Waals surface area contributed by atoms with E-state index >= 15 is 0 Å². The van der Waals surface area contributed by atoms with Crippen LogP contribution in [0.1, 0.15) is 26.7 Å². The highest BCUT2D eigenvalue weighted by Crippen LogP contribution is 2.31. The molecule has 2 aromatic heterocycles. The van der Waals surface area contributed by atoms with Crippen LogP contribution in [0.25, 0.3) is 16.7 Å². The minimum atomic E-state index is -1.64. The molecular formula is C23H24N6O3S2. The number of carbonyl (C=O) groups excluding carboxylic acids is 1. The number of hydrogen-bond acceptors (Lipinski definition) is 7. The number of allylic oxidation sites excluding steroid dienone is 3. The molecule has 0 saturated carbocycles. The predicted octanol–water partition coefficient (Wildman–Crippen LogP) is 4.27. The molecule has 1 atom stereocenters. The van der Waals surface area contributed by atoms with E-state index in [0.717, 1.165) is 23.6 Å². The maximum atomic E-state index is 12.9. The van der Waals surface area contributed by atoms with E-state index in [9.17, 15) is 13.8 Å². The normalized spacial score (nSPS) is 14.2. The number of thioether (sulfide) groups is 1. The zero-order valence-electron chi connectivity index (χ0n) is 18.7. The number of nitrogens with one attached hydrogen (secondary N) is 3. The van der Waals surface area contributed by atoms with Gasteiger partial charge in [-0.3, -0.25) is 14.1 Å². The summed E-state index contributed by atoms with van der Waals surface area (Å²) in [5.74, 6) is 0.369. The summed E-state index contributed by atoms with van der Waals surface area (Å²) in [7, 11) is -1.64. The second-order valence-corrected chi connectivity index (χ2v) is 10.2. The maximum absolute atomic E-state index is 12.9. The Hall–Kier alpha value is -3.44. The average Bonchev–Trinajstić information content (AvgIpc) is 2.83. The second kappa shape index (κ2) is 10.7. The van der Waals surface area contributed by atoms with Crippen molar-refractivity contribution in [2.45, 2.75) is 26.7 Å². The molecule has 1 aliphatic rings. The molecule has 11 heteroatoms. The van der Waals surface area contributed by atoms with Gasteiger partial charge in [-0.1, -0.05) is 30.8 Å². The highest BCUT2D eigenvalue weighted by atomic mass is 32.2. The number of carbonyl (C=O) groups is 1. The van der Waals surface area contributed by atoms with E-state index in [1.54, 1.807) is 18.2 Å². The number of benzene rings is 1. The number of pyridine rings is 1. The van der Waals surface area contributed by atoms with Crippen LogP contribution < -0.4 is 20.9 Å². The van der Waals surface area contributed by atoms with Crippen LogP contribution in [0.2, 0.25) is 0 Å². The number of rotatable bonds is 7. The molecule has 1 unspecified atom stereocenters. The van der Waals surface area contributed by atoms with Gasteiger partial charge >= 0.3 is 6.03 Å². The number of urea groups is 1. The molecule has 3 N–H and O–H groups in total. The zero-order valence-corrected chi connectivity index (χ0v) is 20.3. The lowest BCUT2D eigenvalue weighted by atomic mass is 10.2. The number of anilines is 2. The van der Waals surface area contributed by atoms with E-state index < -0.39 is 17.0 Å². The fraction of sp³-hybridized carbons (Fsp3) is 0.217. The van der Waals surface area contributed by atoms with Crippen LogP contribution in [0.3, 0.4) is 0 Å². The van der Waals surface area contributed by atoms with Gasteiger partial charge in [-0.25, -0.2) is 19.0 Å². The summed E-state index contributed by atoms with van der Waals surface area (Å²) in [6.45, 7) is 4.86. The molecule has 0 aliphatic carbocycles. The van der Waals surface area contributed by atoms with Crippen molar-refractivity contribution < 1.29 is 9.00 Å². The fourth-order valence-corrected chi connectivity index (χ4v) is 5.30. The topological polar surface area (TPSA) is 118 Å². The van der Waals surface area contributed by atoms with E-state index in [4.69, 9.17) is 0 Å². The third-order valence-electron chi connectivity index (χ3n) is 4.91. The largest absolute Gasteiger partial charge is 0.385 e. The minimum absolute atomic E-state index is 0.240. The van der Waals surface area contributed by atoms with Gasteiger partial charge < -0.3 is 10.6 Å². The molecule has 1 aromatic carbocycles. The van der Waals surface area contributed by atoms with Crippen molar-refractivity contribution in [1.82, 2.24) is 19.3 Å². The lowest BCUT2D eigenvalue weighted by Crippen LogP contribution is -2.31. The molecule has 0 fully saturated rings. The van der Waals surface area contributed by atoms with E-state index in [0.29, 0.717) is 33.1 Å². The fourth-order valence-electron chi connectivity index (χ4n) is 3.23. The summed E-state index contributed by atoms with van der Waals surface area (Å²) < 4.78 is 16.7. The van der Waals surface area contributed by atoms with Crippen molar-refractivity contribution in [3.8, 4) is 5.82 Å². The van der Waals surface area contributed by atoms with Crippen molar-refractivity contribution >= 4 is 51.1 Å².